The van der Waals surface area contributed by atoms with E-state index in [0.717, 1.165) is 44.3 Å². The first-order valence-electron chi connectivity index (χ1n) is 10.7. The van der Waals surface area contributed by atoms with Crippen LogP contribution in [0.25, 0.3) is 0 Å². The van der Waals surface area contributed by atoms with Crippen molar-refractivity contribution in [3.63, 3.8) is 0 Å². The van der Waals surface area contributed by atoms with Crippen molar-refractivity contribution in [3.05, 3.63) is 60.6 Å². The minimum absolute atomic E-state index is 0.155. The Balaban J connectivity index is 1.28. The Morgan fingerprint density at radius 2 is 1.78 bits per heavy atom. The summed E-state index contributed by atoms with van der Waals surface area (Å²) in [7, 11) is -3.58. The smallest absolute Gasteiger partial charge is 0.276 e. The molecule has 1 unspecified atom stereocenters. The highest BCUT2D eigenvalue weighted by Crippen LogP contribution is 2.32. The standard InChI is InChI=1S/C22H27N5O3S2/c1-2-19(32(28,29)18-8-4-3-5-9-18)21-24-25-22(30-21)31-17-16-26-12-14-27(15-13-26)20-10-6-7-11-23-20/h3-11,19H,2,12-17H2,1H3. The van der Waals surface area contributed by atoms with Crippen LogP contribution in [0.15, 0.2) is 69.3 Å². The number of anilines is 1. The molecule has 0 radical (unpaired) electrons. The summed E-state index contributed by atoms with van der Waals surface area (Å²) < 4.78 is 31.7. The second-order valence-corrected chi connectivity index (χ2v) is 10.7. The van der Waals surface area contributed by atoms with Gasteiger partial charge in [-0.3, -0.25) is 4.90 Å². The van der Waals surface area contributed by atoms with Crippen LogP contribution in [-0.2, 0) is 9.84 Å². The van der Waals surface area contributed by atoms with E-state index in [1.165, 1.54) is 11.8 Å². The Bertz CT molecular complexity index is 1090. The Morgan fingerprint density at radius 3 is 2.47 bits per heavy atom. The Hall–Kier alpha value is -2.43. The minimum Gasteiger partial charge on any atom is -0.414 e. The van der Waals surface area contributed by atoms with Crippen molar-refractivity contribution in [2.45, 2.75) is 28.7 Å². The van der Waals surface area contributed by atoms with Gasteiger partial charge < -0.3 is 9.32 Å². The summed E-state index contributed by atoms with van der Waals surface area (Å²) in [6, 6.07) is 14.4. The first kappa shape index (κ1) is 22.8. The summed E-state index contributed by atoms with van der Waals surface area (Å²) in [6.45, 7) is 6.55. The highest BCUT2D eigenvalue weighted by Gasteiger charge is 2.32. The van der Waals surface area contributed by atoms with Gasteiger partial charge in [-0.2, -0.15) is 0 Å². The summed E-state index contributed by atoms with van der Waals surface area (Å²) in [5.74, 6) is 1.98. The van der Waals surface area contributed by atoms with Gasteiger partial charge in [-0.25, -0.2) is 13.4 Å². The summed E-state index contributed by atoms with van der Waals surface area (Å²) in [6.07, 6.45) is 2.19. The van der Waals surface area contributed by atoms with E-state index in [4.69, 9.17) is 4.42 Å². The molecule has 10 heteroatoms. The molecule has 8 nitrogen and oxygen atoms in total. The van der Waals surface area contributed by atoms with E-state index in [-0.39, 0.29) is 10.8 Å². The Morgan fingerprint density at radius 1 is 1.03 bits per heavy atom. The lowest BCUT2D eigenvalue weighted by atomic mass is 10.3. The van der Waals surface area contributed by atoms with Crippen molar-refractivity contribution < 1.29 is 12.8 Å². The second-order valence-electron chi connectivity index (χ2n) is 7.53. The number of aromatic nitrogens is 3. The quantitative estimate of drug-likeness (QED) is 0.434. The zero-order valence-corrected chi connectivity index (χ0v) is 19.6. The number of benzene rings is 1. The van der Waals surface area contributed by atoms with E-state index >= 15 is 0 Å². The first-order chi connectivity index (χ1) is 15.6. The highest BCUT2D eigenvalue weighted by molar-refractivity contribution is 7.99. The zero-order valence-electron chi connectivity index (χ0n) is 18.0. The Labute approximate surface area is 193 Å². The van der Waals surface area contributed by atoms with Crippen LogP contribution in [0.5, 0.6) is 0 Å². The number of nitrogens with zero attached hydrogens (tertiary/aromatic N) is 5. The van der Waals surface area contributed by atoms with Gasteiger partial charge in [0.25, 0.3) is 5.22 Å². The van der Waals surface area contributed by atoms with E-state index in [9.17, 15) is 8.42 Å². The fourth-order valence-electron chi connectivity index (χ4n) is 3.71. The van der Waals surface area contributed by atoms with Crippen LogP contribution in [0.2, 0.25) is 0 Å². The van der Waals surface area contributed by atoms with Gasteiger partial charge in [0, 0.05) is 44.7 Å². The molecule has 0 spiro atoms. The van der Waals surface area contributed by atoms with E-state index in [1.807, 2.05) is 31.3 Å². The number of rotatable bonds is 9. The van der Waals surface area contributed by atoms with Crippen molar-refractivity contribution in [2.75, 3.05) is 43.4 Å². The van der Waals surface area contributed by atoms with Gasteiger partial charge >= 0.3 is 0 Å². The Kier molecular flexibility index (Phi) is 7.44. The number of hydrogen-bond acceptors (Lipinski definition) is 9. The maximum atomic E-state index is 13.0. The topological polar surface area (TPSA) is 92.4 Å². The molecule has 2 aromatic heterocycles. The van der Waals surface area contributed by atoms with Gasteiger partial charge in [0.1, 0.15) is 11.1 Å². The molecule has 1 aromatic carbocycles. The zero-order chi connectivity index (χ0) is 22.4. The molecule has 1 atom stereocenters. The fraction of sp³-hybridized carbons (Fsp3) is 0.409. The molecular weight excluding hydrogens is 446 g/mol. The van der Waals surface area contributed by atoms with Gasteiger partial charge in [0.15, 0.2) is 9.84 Å². The molecule has 0 aliphatic carbocycles. The molecule has 1 fully saturated rings. The molecule has 32 heavy (non-hydrogen) atoms. The van der Waals surface area contributed by atoms with Crippen LogP contribution in [0.4, 0.5) is 5.82 Å². The summed E-state index contributed by atoms with van der Waals surface area (Å²) in [5.41, 5.74) is 0. The maximum Gasteiger partial charge on any atom is 0.276 e. The van der Waals surface area contributed by atoms with Crippen LogP contribution in [0.1, 0.15) is 24.5 Å². The predicted molar refractivity (Wildman–Crippen MR) is 125 cm³/mol. The molecule has 1 aliphatic heterocycles. The normalized spacial score (nSPS) is 16.2. The van der Waals surface area contributed by atoms with Crippen LogP contribution in [-0.4, -0.2) is 67.0 Å². The summed E-state index contributed by atoms with van der Waals surface area (Å²) in [5, 5.41) is 7.69. The van der Waals surface area contributed by atoms with Crippen LogP contribution in [0, 0.1) is 0 Å². The average Bonchev–Trinajstić information content (AvgIpc) is 3.29. The molecule has 0 bridgehead atoms. The van der Waals surface area contributed by atoms with Crippen LogP contribution >= 0.6 is 11.8 Å². The van der Waals surface area contributed by atoms with Crippen molar-refractivity contribution in [1.29, 1.82) is 0 Å². The lowest BCUT2D eigenvalue weighted by Gasteiger charge is -2.35. The highest BCUT2D eigenvalue weighted by atomic mass is 32.2. The molecule has 3 heterocycles. The number of sulfone groups is 1. The van der Waals surface area contributed by atoms with E-state index in [1.54, 1.807) is 30.3 Å². The van der Waals surface area contributed by atoms with Gasteiger partial charge in [-0.15, -0.1) is 10.2 Å². The molecule has 170 valence electrons. The van der Waals surface area contributed by atoms with Crippen molar-refractivity contribution in [3.8, 4) is 0 Å². The summed E-state index contributed by atoms with van der Waals surface area (Å²) >= 11 is 1.46. The van der Waals surface area contributed by atoms with E-state index in [0.29, 0.717) is 11.6 Å². The van der Waals surface area contributed by atoms with E-state index < -0.39 is 15.1 Å². The van der Waals surface area contributed by atoms with Gasteiger partial charge in [0.05, 0.1) is 4.90 Å². The van der Waals surface area contributed by atoms with Gasteiger partial charge in [0.2, 0.25) is 5.89 Å². The maximum absolute atomic E-state index is 13.0. The third kappa shape index (κ3) is 5.31. The number of thioether (sulfide) groups is 1. The number of piperazine rings is 1. The monoisotopic (exact) mass is 473 g/mol. The largest absolute Gasteiger partial charge is 0.414 e. The fourth-order valence-corrected chi connectivity index (χ4v) is 6.15. The first-order valence-corrected chi connectivity index (χ1v) is 13.2. The average molecular weight is 474 g/mol. The molecule has 4 rings (SSSR count). The molecule has 0 N–H and O–H groups in total. The summed E-state index contributed by atoms with van der Waals surface area (Å²) in [4.78, 5) is 9.39. The molecule has 0 saturated carbocycles. The molecular formula is C22H27N5O3S2. The van der Waals surface area contributed by atoms with Crippen molar-refractivity contribution in [2.24, 2.45) is 0 Å². The van der Waals surface area contributed by atoms with Gasteiger partial charge in [-0.1, -0.05) is 43.0 Å². The molecule has 0 amide bonds. The van der Waals surface area contributed by atoms with Gasteiger partial charge in [-0.05, 0) is 30.7 Å². The van der Waals surface area contributed by atoms with Crippen LogP contribution in [0.3, 0.4) is 0 Å². The predicted octanol–water partition coefficient (Wildman–Crippen LogP) is 3.30. The minimum atomic E-state index is -3.58. The molecule has 3 aromatic rings. The number of pyridine rings is 1. The third-order valence-electron chi connectivity index (χ3n) is 5.49. The molecule has 1 saturated heterocycles. The SMILES string of the molecule is CCC(c1nnc(SCCN2CCN(c3ccccn3)CC2)o1)S(=O)(=O)c1ccccc1. The van der Waals surface area contributed by atoms with Crippen LogP contribution < -0.4 is 4.90 Å². The van der Waals surface area contributed by atoms with Crippen molar-refractivity contribution >= 4 is 27.4 Å². The lowest BCUT2D eigenvalue weighted by Crippen LogP contribution is -2.47. The second kappa shape index (κ2) is 10.5. The third-order valence-corrected chi connectivity index (χ3v) is 8.51. The molecule has 1 aliphatic rings. The van der Waals surface area contributed by atoms with E-state index in [2.05, 4.69) is 25.0 Å². The number of hydrogen-bond donors (Lipinski definition) is 0. The lowest BCUT2D eigenvalue weighted by molar-refractivity contribution is 0.272. The van der Waals surface area contributed by atoms with Crippen molar-refractivity contribution in [1.82, 2.24) is 20.1 Å².